The monoisotopic (exact) mass is 210 g/mol. The van der Waals surface area contributed by atoms with Crippen LogP contribution in [-0.4, -0.2) is 17.1 Å². The molecule has 1 rings (SSSR count). The summed E-state index contributed by atoms with van der Waals surface area (Å²) < 4.78 is 4.66. The predicted octanol–water partition coefficient (Wildman–Crippen LogP) is 1.06. The predicted molar refractivity (Wildman–Crippen MR) is 52.2 cm³/mol. The molecule has 1 unspecified atom stereocenters. The SMILES string of the molecule is CC(N)OC(=O)c1ccccc1[N+](=O)[O-]. The van der Waals surface area contributed by atoms with Crippen molar-refractivity contribution in [2.75, 3.05) is 0 Å². The minimum Gasteiger partial charge on any atom is -0.443 e. The van der Waals surface area contributed by atoms with Crippen LogP contribution in [0.15, 0.2) is 24.3 Å². The number of nitrogens with zero attached hydrogens (tertiary/aromatic N) is 1. The summed E-state index contributed by atoms with van der Waals surface area (Å²) >= 11 is 0. The Morgan fingerprint density at radius 2 is 2.13 bits per heavy atom. The molecule has 1 aromatic carbocycles. The number of nitro groups is 1. The van der Waals surface area contributed by atoms with Crippen molar-refractivity contribution in [3.05, 3.63) is 39.9 Å². The Bertz CT molecular complexity index is 389. The zero-order valence-corrected chi connectivity index (χ0v) is 8.04. The van der Waals surface area contributed by atoms with E-state index < -0.39 is 17.1 Å². The molecule has 0 aromatic heterocycles. The first kappa shape index (κ1) is 11.1. The number of ether oxygens (including phenoxy) is 1. The van der Waals surface area contributed by atoms with Crippen LogP contribution in [0.3, 0.4) is 0 Å². The molecule has 6 heteroatoms. The van der Waals surface area contributed by atoms with Crippen LogP contribution in [0.4, 0.5) is 5.69 Å². The number of carbonyl (C=O) groups excluding carboxylic acids is 1. The van der Waals surface area contributed by atoms with Crippen molar-refractivity contribution in [2.45, 2.75) is 13.2 Å². The zero-order valence-electron chi connectivity index (χ0n) is 8.04. The van der Waals surface area contributed by atoms with E-state index in [9.17, 15) is 14.9 Å². The van der Waals surface area contributed by atoms with Gasteiger partial charge in [-0.2, -0.15) is 0 Å². The summed E-state index contributed by atoms with van der Waals surface area (Å²) in [7, 11) is 0. The molecule has 0 amide bonds. The van der Waals surface area contributed by atoms with Crippen LogP contribution in [0, 0.1) is 10.1 Å². The van der Waals surface area contributed by atoms with E-state index in [1.165, 1.54) is 31.2 Å². The fourth-order valence-electron chi connectivity index (χ4n) is 1.04. The number of carbonyl (C=O) groups is 1. The molecule has 0 heterocycles. The van der Waals surface area contributed by atoms with Gasteiger partial charge in [0.15, 0.2) is 0 Å². The van der Waals surface area contributed by atoms with Crippen LogP contribution in [0.1, 0.15) is 17.3 Å². The van der Waals surface area contributed by atoms with Crippen molar-refractivity contribution in [1.29, 1.82) is 0 Å². The minimum atomic E-state index is -0.794. The maximum atomic E-state index is 11.4. The smallest absolute Gasteiger partial charge is 0.346 e. The summed E-state index contributed by atoms with van der Waals surface area (Å²) in [6, 6.07) is 5.55. The Hall–Kier alpha value is -1.95. The summed E-state index contributed by atoms with van der Waals surface area (Å²) in [4.78, 5) is 21.3. The fourth-order valence-corrected chi connectivity index (χ4v) is 1.04. The van der Waals surface area contributed by atoms with Gasteiger partial charge in [0, 0.05) is 6.07 Å². The van der Waals surface area contributed by atoms with Gasteiger partial charge in [0.2, 0.25) is 0 Å². The van der Waals surface area contributed by atoms with E-state index in [1.807, 2.05) is 0 Å². The second-order valence-corrected chi connectivity index (χ2v) is 2.88. The van der Waals surface area contributed by atoms with E-state index in [-0.39, 0.29) is 11.3 Å². The molecule has 2 N–H and O–H groups in total. The molecule has 1 atom stereocenters. The molecule has 1 aromatic rings. The van der Waals surface area contributed by atoms with Crippen LogP contribution >= 0.6 is 0 Å². The molecule has 0 bridgehead atoms. The van der Waals surface area contributed by atoms with Crippen LogP contribution in [0.5, 0.6) is 0 Å². The molecule has 6 nitrogen and oxygen atoms in total. The zero-order chi connectivity index (χ0) is 11.4. The standard InChI is InChI=1S/C9H10N2O4/c1-6(10)15-9(12)7-4-2-3-5-8(7)11(13)14/h2-6H,10H2,1H3. The molecule has 0 radical (unpaired) electrons. The average molecular weight is 210 g/mol. The number of nitro benzene ring substituents is 1. The number of para-hydroxylation sites is 1. The summed E-state index contributed by atoms with van der Waals surface area (Å²) in [5, 5.41) is 10.6. The summed E-state index contributed by atoms with van der Waals surface area (Å²) in [5.74, 6) is -0.794. The first-order valence-corrected chi connectivity index (χ1v) is 4.22. The summed E-state index contributed by atoms with van der Waals surface area (Å²) in [5.41, 5.74) is 4.86. The van der Waals surface area contributed by atoms with Crippen LogP contribution in [0.25, 0.3) is 0 Å². The maximum absolute atomic E-state index is 11.4. The summed E-state index contributed by atoms with van der Waals surface area (Å²) in [6.45, 7) is 1.46. The number of nitrogens with two attached hydrogens (primary N) is 1. The van der Waals surface area contributed by atoms with Crippen LogP contribution in [-0.2, 0) is 4.74 Å². The van der Waals surface area contributed by atoms with E-state index in [0.717, 1.165) is 0 Å². The normalized spacial score (nSPS) is 11.9. The first-order chi connectivity index (χ1) is 7.02. The highest BCUT2D eigenvalue weighted by molar-refractivity contribution is 5.93. The van der Waals surface area contributed by atoms with Gasteiger partial charge >= 0.3 is 5.97 Å². The van der Waals surface area contributed by atoms with Gasteiger partial charge in [0.25, 0.3) is 5.69 Å². The van der Waals surface area contributed by atoms with Crippen molar-refractivity contribution in [3.63, 3.8) is 0 Å². The number of esters is 1. The molecule has 0 aliphatic rings. The quantitative estimate of drug-likeness (QED) is 0.348. The topological polar surface area (TPSA) is 95.5 Å². The van der Waals surface area contributed by atoms with Gasteiger partial charge in [-0.3, -0.25) is 15.8 Å². The second-order valence-electron chi connectivity index (χ2n) is 2.88. The largest absolute Gasteiger partial charge is 0.443 e. The van der Waals surface area contributed by atoms with Gasteiger partial charge < -0.3 is 4.74 Å². The Labute approximate surface area is 85.8 Å². The van der Waals surface area contributed by atoms with Gasteiger partial charge in [-0.05, 0) is 13.0 Å². The molecular weight excluding hydrogens is 200 g/mol. The molecule has 0 aliphatic heterocycles. The van der Waals surface area contributed by atoms with E-state index in [1.54, 1.807) is 0 Å². The fraction of sp³-hybridized carbons (Fsp3) is 0.222. The number of rotatable bonds is 3. The average Bonchev–Trinajstić information content (AvgIpc) is 2.16. The highest BCUT2D eigenvalue weighted by Crippen LogP contribution is 2.18. The van der Waals surface area contributed by atoms with Crippen molar-refractivity contribution < 1.29 is 14.5 Å². The number of benzene rings is 1. The van der Waals surface area contributed by atoms with Gasteiger partial charge in [0.1, 0.15) is 11.8 Å². The Kier molecular flexibility index (Phi) is 3.35. The Morgan fingerprint density at radius 1 is 1.53 bits per heavy atom. The highest BCUT2D eigenvalue weighted by Gasteiger charge is 2.20. The van der Waals surface area contributed by atoms with E-state index in [0.29, 0.717) is 0 Å². The number of hydrogen-bond acceptors (Lipinski definition) is 5. The van der Waals surface area contributed by atoms with Gasteiger partial charge in [-0.25, -0.2) is 4.79 Å². The maximum Gasteiger partial charge on any atom is 0.346 e. The molecule has 0 spiro atoms. The third-order valence-electron chi connectivity index (χ3n) is 1.61. The number of hydrogen-bond donors (Lipinski definition) is 1. The third-order valence-corrected chi connectivity index (χ3v) is 1.61. The molecule has 0 saturated carbocycles. The lowest BCUT2D eigenvalue weighted by Gasteiger charge is -2.07. The van der Waals surface area contributed by atoms with E-state index >= 15 is 0 Å². The molecular formula is C9H10N2O4. The summed E-state index contributed by atoms with van der Waals surface area (Å²) in [6.07, 6.45) is -0.794. The van der Waals surface area contributed by atoms with Crippen LogP contribution in [0.2, 0.25) is 0 Å². The Morgan fingerprint density at radius 3 is 2.67 bits per heavy atom. The van der Waals surface area contributed by atoms with Gasteiger partial charge in [-0.1, -0.05) is 12.1 Å². The minimum absolute atomic E-state index is 0.0974. The molecule has 0 aliphatic carbocycles. The lowest BCUT2D eigenvalue weighted by Crippen LogP contribution is -2.23. The molecule has 80 valence electrons. The van der Waals surface area contributed by atoms with Crippen molar-refractivity contribution in [2.24, 2.45) is 5.73 Å². The van der Waals surface area contributed by atoms with E-state index in [2.05, 4.69) is 4.74 Å². The van der Waals surface area contributed by atoms with Crippen molar-refractivity contribution >= 4 is 11.7 Å². The van der Waals surface area contributed by atoms with Crippen molar-refractivity contribution in [1.82, 2.24) is 0 Å². The Balaban J connectivity index is 3.03. The lowest BCUT2D eigenvalue weighted by atomic mass is 10.2. The van der Waals surface area contributed by atoms with Crippen LogP contribution < -0.4 is 5.73 Å². The second kappa shape index (κ2) is 4.52. The third kappa shape index (κ3) is 2.75. The van der Waals surface area contributed by atoms with Gasteiger partial charge in [0.05, 0.1) is 4.92 Å². The van der Waals surface area contributed by atoms with E-state index in [4.69, 9.17) is 5.73 Å². The molecule has 0 saturated heterocycles. The molecule has 15 heavy (non-hydrogen) atoms. The van der Waals surface area contributed by atoms with Crippen molar-refractivity contribution in [3.8, 4) is 0 Å². The highest BCUT2D eigenvalue weighted by atomic mass is 16.6. The molecule has 0 fully saturated rings. The first-order valence-electron chi connectivity index (χ1n) is 4.22. The lowest BCUT2D eigenvalue weighted by molar-refractivity contribution is -0.385. The van der Waals surface area contributed by atoms with Gasteiger partial charge in [-0.15, -0.1) is 0 Å².